The van der Waals surface area contributed by atoms with Gasteiger partial charge in [-0.05, 0) is 48.7 Å². The summed E-state index contributed by atoms with van der Waals surface area (Å²) in [6.07, 6.45) is -2.88. The number of methoxy groups -OCH3 is 1. The number of morpholine rings is 1. The molecule has 6 nitrogen and oxygen atoms in total. The van der Waals surface area contributed by atoms with Gasteiger partial charge in [-0.15, -0.1) is 0 Å². The van der Waals surface area contributed by atoms with Gasteiger partial charge in [0.15, 0.2) is 0 Å². The molecule has 1 N–H and O–H groups in total. The lowest BCUT2D eigenvalue weighted by Crippen LogP contribution is -2.38. The van der Waals surface area contributed by atoms with Gasteiger partial charge in [-0.3, -0.25) is 0 Å². The minimum Gasteiger partial charge on any atom is -0.497 e. The van der Waals surface area contributed by atoms with Gasteiger partial charge in [-0.1, -0.05) is 12.1 Å². The number of likely N-dealkylation sites (tertiary alicyclic amines) is 1. The van der Waals surface area contributed by atoms with Crippen LogP contribution in [0.5, 0.6) is 5.75 Å². The summed E-state index contributed by atoms with van der Waals surface area (Å²) in [6, 6.07) is 10.5. The fraction of sp³-hybridized carbons (Fsp3) is 0.435. The Hall–Kier alpha value is -2.94. The molecule has 2 amide bonds. The van der Waals surface area contributed by atoms with E-state index in [1.54, 1.807) is 12.0 Å². The Bertz CT molecular complexity index is 944. The first kappa shape index (κ1) is 22.3. The van der Waals surface area contributed by atoms with Crippen LogP contribution in [0.3, 0.4) is 0 Å². The predicted octanol–water partition coefficient (Wildman–Crippen LogP) is 4.92. The van der Waals surface area contributed by atoms with E-state index >= 15 is 0 Å². The molecule has 0 bridgehead atoms. The zero-order valence-electron chi connectivity index (χ0n) is 17.8. The van der Waals surface area contributed by atoms with Crippen molar-refractivity contribution in [3.63, 3.8) is 0 Å². The van der Waals surface area contributed by atoms with Crippen molar-refractivity contribution < 1.29 is 27.4 Å². The van der Waals surface area contributed by atoms with Crippen molar-refractivity contribution in [1.29, 1.82) is 0 Å². The molecule has 172 valence electrons. The summed E-state index contributed by atoms with van der Waals surface area (Å²) in [4.78, 5) is 16.8. The lowest BCUT2D eigenvalue weighted by atomic mass is 10.0. The third-order valence-corrected chi connectivity index (χ3v) is 5.93. The number of ether oxygens (including phenoxy) is 2. The highest BCUT2D eigenvalue weighted by molar-refractivity contribution is 5.94. The number of nitrogens with one attached hydrogen (secondary N) is 1. The lowest BCUT2D eigenvalue weighted by Gasteiger charge is -2.32. The van der Waals surface area contributed by atoms with E-state index in [0.717, 1.165) is 36.3 Å². The van der Waals surface area contributed by atoms with E-state index < -0.39 is 17.8 Å². The van der Waals surface area contributed by atoms with Crippen LogP contribution in [0.25, 0.3) is 0 Å². The molecular formula is C23H26F3N3O3. The number of alkyl halides is 3. The second-order valence-electron chi connectivity index (χ2n) is 7.88. The minimum absolute atomic E-state index is 0.140. The summed E-state index contributed by atoms with van der Waals surface area (Å²) < 4.78 is 50.6. The molecule has 0 saturated carbocycles. The van der Waals surface area contributed by atoms with Crippen molar-refractivity contribution in [2.45, 2.75) is 25.1 Å². The monoisotopic (exact) mass is 449 g/mol. The van der Waals surface area contributed by atoms with Crippen LogP contribution < -0.4 is 15.0 Å². The molecule has 2 aromatic rings. The van der Waals surface area contributed by atoms with Gasteiger partial charge >= 0.3 is 12.2 Å². The van der Waals surface area contributed by atoms with Gasteiger partial charge in [0.25, 0.3) is 0 Å². The van der Waals surface area contributed by atoms with E-state index in [1.165, 1.54) is 6.07 Å². The average Bonchev–Trinajstić information content (AvgIpc) is 3.29. The normalized spacial score (nSPS) is 19.2. The number of rotatable bonds is 4. The number of urea groups is 1. The van der Waals surface area contributed by atoms with Crippen molar-refractivity contribution in [2.24, 2.45) is 0 Å². The number of amides is 2. The Morgan fingerprint density at radius 1 is 1.09 bits per heavy atom. The molecule has 2 heterocycles. The van der Waals surface area contributed by atoms with Crippen LogP contribution in [0.2, 0.25) is 0 Å². The molecule has 0 radical (unpaired) electrons. The molecule has 2 aromatic carbocycles. The number of hydrogen-bond donors (Lipinski definition) is 1. The van der Waals surface area contributed by atoms with Gasteiger partial charge in [0.1, 0.15) is 5.75 Å². The molecule has 9 heteroatoms. The highest BCUT2D eigenvalue weighted by atomic mass is 19.4. The standard InChI is InChI=1S/C23H26F3N3O3/c1-31-18-7-4-16(5-8-18)20-3-2-10-29(20)22(30)27-19-15-17(23(24,25)26)6-9-21(19)28-11-13-32-14-12-28/h4-9,15,20H,2-3,10-14H2,1H3,(H,27,30). The largest absolute Gasteiger partial charge is 0.497 e. The highest BCUT2D eigenvalue weighted by Gasteiger charge is 2.34. The molecule has 2 fully saturated rings. The van der Waals surface area contributed by atoms with Crippen molar-refractivity contribution in [3.05, 3.63) is 53.6 Å². The number of nitrogens with zero attached hydrogens (tertiary/aromatic N) is 2. The van der Waals surface area contributed by atoms with E-state index in [4.69, 9.17) is 9.47 Å². The quantitative estimate of drug-likeness (QED) is 0.720. The fourth-order valence-corrected chi connectivity index (χ4v) is 4.26. The number of carbonyl (C=O) groups excluding carboxylic acids is 1. The lowest BCUT2D eigenvalue weighted by molar-refractivity contribution is -0.137. The van der Waals surface area contributed by atoms with E-state index in [1.807, 2.05) is 29.2 Å². The number of anilines is 2. The van der Waals surface area contributed by atoms with E-state index in [2.05, 4.69) is 5.32 Å². The Morgan fingerprint density at radius 2 is 1.81 bits per heavy atom. The molecule has 2 aliphatic rings. The molecule has 0 spiro atoms. The van der Waals surface area contributed by atoms with Crippen LogP contribution in [0.1, 0.15) is 30.0 Å². The van der Waals surface area contributed by atoms with Crippen molar-refractivity contribution >= 4 is 17.4 Å². The van der Waals surface area contributed by atoms with Crippen LogP contribution in [0, 0.1) is 0 Å². The minimum atomic E-state index is -4.50. The molecule has 0 aliphatic carbocycles. The number of halogens is 3. The third kappa shape index (κ3) is 4.77. The van der Waals surface area contributed by atoms with E-state index in [0.29, 0.717) is 38.5 Å². The Morgan fingerprint density at radius 3 is 2.47 bits per heavy atom. The van der Waals surface area contributed by atoms with Crippen LogP contribution >= 0.6 is 0 Å². The molecule has 4 rings (SSSR count). The first-order chi connectivity index (χ1) is 15.4. The fourth-order valence-electron chi connectivity index (χ4n) is 4.26. The highest BCUT2D eigenvalue weighted by Crippen LogP contribution is 2.37. The number of benzene rings is 2. The maximum atomic E-state index is 13.4. The molecule has 2 aliphatic heterocycles. The number of carbonyl (C=O) groups is 1. The molecule has 32 heavy (non-hydrogen) atoms. The van der Waals surface area contributed by atoms with E-state index in [9.17, 15) is 18.0 Å². The molecule has 1 atom stereocenters. The van der Waals surface area contributed by atoms with Gasteiger partial charge in [-0.2, -0.15) is 13.2 Å². The van der Waals surface area contributed by atoms with Gasteiger partial charge < -0.3 is 24.6 Å². The van der Waals surface area contributed by atoms with Gasteiger partial charge in [0.2, 0.25) is 0 Å². The van der Waals surface area contributed by atoms with Crippen LogP contribution in [-0.2, 0) is 10.9 Å². The summed E-state index contributed by atoms with van der Waals surface area (Å²) >= 11 is 0. The summed E-state index contributed by atoms with van der Waals surface area (Å²) in [5.41, 5.74) is 0.899. The molecular weight excluding hydrogens is 423 g/mol. The summed E-state index contributed by atoms with van der Waals surface area (Å²) in [5.74, 6) is 0.724. The van der Waals surface area contributed by atoms with Crippen molar-refractivity contribution in [1.82, 2.24) is 4.90 Å². The summed E-state index contributed by atoms with van der Waals surface area (Å²) in [7, 11) is 1.59. The summed E-state index contributed by atoms with van der Waals surface area (Å²) in [5, 5.41) is 2.76. The second-order valence-corrected chi connectivity index (χ2v) is 7.88. The first-order valence-corrected chi connectivity index (χ1v) is 10.6. The van der Waals surface area contributed by atoms with Crippen LogP contribution in [-0.4, -0.2) is 50.9 Å². The maximum Gasteiger partial charge on any atom is 0.416 e. The average molecular weight is 449 g/mol. The third-order valence-electron chi connectivity index (χ3n) is 5.93. The Kier molecular flexibility index (Phi) is 6.45. The van der Waals surface area contributed by atoms with Crippen molar-refractivity contribution in [2.75, 3.05) is 50.2 Å². The molecule has 1 unspecified atom stereocenters. The zero-order valence-corrected chi connectivity index (χ0v) is 17.8. The van der Waals surface area contributed by atoms with Gasteiger partial charge in [0.05, 0.1) is 43.3 Å². The second kappa shape index (κ2) is 9.28. The van der Waals surface area contributed by atoms with Crippen LogP contribution in [0.4, 0.5) is 29.3 Å². The smallest absolute Gasteiger partial charge is 0.416 e. The van der Waals surface area contributed by atoms with E-state index in [-0.39, 0.29) is 11.7 Å². The number of hydrogen-bond acceptors (Lipinski definition) is 4. The zero-order chi connectivity index (χ0) is 22.7. The maximum absolute atomic E-state index is 13.4. The van der Waals surface area contributed by atoms with Gasteiger partial charge in [-0.25, -0.2) is 4.79 Å². The molecule has 0 aromatic heterocycles. The Balaban J connectivity index is 1.59. The Labute approximate surface area is 184 Å². The predicted molar refractivity (Wildman–Crippen MR) is 115 cm³/mol. The van der Waals surface area contributed by atoms with Crippen LogP contribution in [0.15, 0.2) is 42.5 Å². The summed E-state index contributed by atoms with van der Waals surface area (Å²) in [6.45, 7) is 2.60. The topological polar surface area (TPSA) is 54.0 Å². The van der Waals surface area contributed by atoms with Crippen molar-refractivity contribution in [3.8, 4) is 5.75 Å². The first-order valence-electron chi connectivity index (χ1n) is 10.6. The SMILES string of the molecule is COc1ccc(C2CCCN2C(=O)Nc2cc(C(F)(F)F)ccc2N2CCOCC2)cc1. The molecule has 2 saturated heterocycles. The van der Waals surface area contributed by atoms with Gasteiger partial charge in [0, 0.05) is 19.6 Å².